The fourth-order valence-corrected chi connectivity index (χ4v) is 3.15. The Morgan fingerprint density at radius 3 is 2.57 bits per heavy atom. The number of fused-ring (bicyclic) bond motifs is 1. The summed E-state index contributed by atoms with van der Waals surface area (Å²) in [6.45, 7) is 1.73. The molecular weight excluding hydrogens is 361 g/mol. The number of nitrogens with one attached hydrogen (secondary N) is 3. The van der Waals surface area contributed by atoms with Crippen LogP contribution in [0.3, 0.4) is 0 Å². The van der Waals surface area contributed by atoms with Crippen molar-refractivity contribution >= 4 is 39.9 Å². The normalized spacial score (nSPS) is 13.4. The number of ketones is 1. The summed E-state index contributed by atoms with van der Waals surface area (Å²) in [6, 6.07) is 11.0. The number of carbonyl (C=O) groups is 3. The molecule has 0 unspecified atom stereocenters. The minimum atomic E-state index is -0.834. The van der Waals surface area contributed by atoms with Gasteiger partial charge in [0.1, 0.15) is 5.82 Å². The first-order chi connectivity index (χ1) is 13.4. The topological polar surface area (TPSA) is 91.1 Å². The monoisotopic (exact) mass is 379 g/mol. The van der Waals surface area contributed by atoms with E-state index in [9.17, 15) is 18.8 Å². The SMILES string of the molecule is Cc1[nH]c2ccccc2c1C(=O)C(=O)Nc1ccc(F)c(NC(=O)C2CC2)c1. The molecule has 2 amide bonds. The second-order valence-electron chi connectivity index (χ2n) is 6.91. The minimum Gasteiger partial charge on any atom is -0.358 e. The van der Waals surface area contributed by atoms with Crippen LogP contribution < -0.4 is 10.6 Å². The molecule has 3 aromatic rings. The van der Waals surface area contributed by atoms with E-state index in [1.807, 2.05) is 12.1 Å². The average molecular weight is 379 g/mol. The maximum Gasteiger partial charge on any atom is 0.296 e. The lowest BCUT2D eigenvalue weighted by molar-refractivity contribution is -0.117. The summed E-state index contributed by atoms with van der Waals surface area (Å²) in [5, 5.41) is 5.67. The number of hydrogen-bond acceptors (Lipinski definition) is 3. The molecule has 0 atom stereocenters. The van der Waals surface area contributed by atoms with Crippen molar-refractivity contribution < 1.29 is 18.8 Å². The number of aromatic amines is 1. The number of halogens is 1. The van der Waals surface area contributed by atoms with E-state index >= 15 is 0 Å². The summed E-state index contributed by atoms with van der Waals surface area (Å²) >= 11 is 0. The van der Waals surface area contributed by atoms with Crippen LogP contribution in [0.4, 0.5) is 15.8 Å². The van der Waals surface area contributed by atoms with Crippen LogP contribution in [0.2, 0.25) is 0 Å². The molecule has 1 aliphatic carbocycles. The molecule has 142 valence electrons. The Labute approximate surface area is 160 Å². The van der Waals surface area contributed by atoms with Gasteiger partial charge in [0.15, 0.2) is 0 Å². The Morgan fingerprint density at radius 2 is 1.82 bits per heavy atom. The predicted molar refractivity (Wildman–Crippen MR) is 104 cm³/mol. The summed E-state index contributed by atoms with van der Waals surface area (Å²) in [7, 11) is 0. The number of rotatable bonds is 5. The zero-order valence-corrected chi connectivity index (χ0v) is 15.1. The molecule has 0 bridgehead atoms. The van der Waals surface area contributed by atoms with Crippen LogP contribution in [-0.4, -0.2) is 22.6 Å². The fourth-order valence-electron chi connectivity index (χ4n) is 3.15. The van der Waals surface area contributed by atoms with Crippen molar-refractivity contribution in [3.63, 3.8) is 0 Å². The third kappa shape index (κ3) is 3.38. The average Bonchev–Trinajstić information content (AvgIpc) is 3.46. The van der Waals surface area contributed by atoms with Crippen LogP contribution in [0, 0.1) is 18.7 Å². The number of H-pyrrole nitrogens is 1. The van der Waals surface area contributed by atoms with Gasteiger partial charge in [0.05, 0.1) is 11.3 Å². The van der Waals surface area contributed by atoms with Crippen LogP contribution in [0.15, 0.2) is 42.5 Å². The minimum absolute atomic E-state index is 0.0228. The first kappa shape index (κ1) is 17.9. The molecule has 4 rings (SSSR count). The molecule has 0 radical (unpaired) electrons. The number of aryl methyl sites for hydroxylation is 1. The van der Waals surface area contributed by atoms with Gasteiger partial charge in [0.25, 0.3) is 11.7 Å². The number of para-hydroxylation sites is 1. The number of aromatic nitrogens is 1. The number of carbonyl (C=O) groups excluding carboxylic acids is 3. The van der Waals surface area contributed by atoms with E-state index in [0.717, 1.165) is 24.4 Å². The van der Waals surface area contributed by atoms with Gasteiger partial charge in [-0.05, 0) is 44.0 Å². The lowest BCUT2D eigenvalue weighted by Gasteiger charge is -2.09. The number of amides is 2. The first-order valence-corrected chi connectivity index (χ1v) is 8.97. The van der Waals surface area contributed by atoms with Gasteiger partial charge in [-0.2, -0.15) is 0 Å². The molecule has 2 aromatic carbocycles. The van der Waals surface area contributed by atoms with Crippen molar-refractivity contribution in [1.29, 1.82) is 0 Å². The van der Waals surface area contributed by atoms with E-state index in [4.69, 9.17) is 0 Å². The summed E-state index contributed by atoms with van der Waals surface area (Å²) in [4.78, 5) is 40.1. The van der Waals surface area contributed by atoms with E-state index in [2.05, 4.69) is 15.6 Å². The number of hydrogen-bond donors (Lipinski definition) is 3. The summed E-state index contributed by atoms with van der Waals surface area (Å²) in [5.74, 6) is -2.45. The molecule has 0 spiro atoms. The quantitative estimate of drug-likeness (QED) is 0.465. The summed E-state index contributed by atoms with van der Waals surface area (Å²) < 4.78 is 14.0. The van der Waals surface area contributed by atoms with Crippen LogP contribution >= 0.6 is 0 Å². The van der Waals surface area contributed by atoms with E-state index in [-0.39, 0.29) is 23.2 Å². The Hall–Kier alpha value is -3.48. The molecule has 3 N–H and O–H groups in total. The van der Waals surface area contributed by atoms with E-state index < -0.39 is 17.5 Å². The summed E-state index contributed by atoms with van der Waals surface area (Å²) in [6.07, 6.45) is 1.59. The number of Topliss-reactive ketones (excluding diaryl/α,β-unsaturated/α-hetero) is 1. The highest BCUT2D eigenvalue weighted by molar-refractivity contribution is 6.48. The first-order valence-electron chi connectivity index (χ1n) is 8.97. The Kier molecular flexibility index (Phi) is 4.43. The van der Waals surface area contributed by atoms with Gasteiger partial charge in [0, 0.05) is 28.2 Å². The smallest absolute Gasteiger partial charge is 0.296 e. The van der Waals surface area contributed by atoms with Crippen LogP contribution in [0.25, 0.3) is 10.9 Å². The Balaban J connectivity index is 1.55. The molecule has 0 aliphatic heterocycles. The maximum absolute atomic E-state index is 14.0. The number of anilines is 2. The van der Waals surface area contributed by atoms with Crippen LogP contribution in [-0.2, 0) is 9.59 Å². The molecule has 7 heteroatoms. The fraction of sp³-hybridized carbons (Fsp3) is 0.190. The molecule has 1 fully saturated rings. The van der Waals surface area contributed by atoms with Gasteiger partial charge >= 0.3 is 0 Å². The zero-order chi connectivity index (χ0) is 19.8. The van der Waals surface area contributed by atoms with Gasteiger partial charge in [-0.15, -0.1) is 0 Å². The second-order valence-corrected chi connectivity index (χ2v) is 6.91. The third-order valence-corrected chi connectivity index (χ3v) is 4.76. The van der Waals surface area contributed by atoms with E-state index in [1.54, 1.807) is 19.1 Å². The highest BCUT2D eigenvalue weighted by Crippen LogP contribution is 2.31. The predicted octanol–water partition coefficient (Wildman–Crippen LogP) is 3.79. The highest BCUT2D eigenvalue weighted by Gasteiger charge is 2.30. The molecule has 28 heavy (non-hydrogen) atoms. The van der Waals surface area contributed by atoms with Crippen LogP contribution in [0.5, 0.6) is 0 Å². The van der Waals surface area contributed by atoms with Crippen molar-refractivity contribution in [2.75, 3.05) is 10.6 Å². The highest BCUT2D eigenvalue weighted by atomic mass is 19.1. The molecule has 1 heterocycles. The van der Waals surface area contributed by atoms with E-state index in [1.165, 1.54) is 12.1 Å². The molecule has 0 saturated heterocycles. The Bertz CT molecular complexity index is 1120. The standard InChI is InChI=1S/C21H18FN3O3/c1-11-18(14-4-2-3-5-16(14)23-11)19(26)21(28)24-13-8-9-15(22)17(10-13)25-20(27)12-6-7-12/h2-5,8-10,12,23H,6-7H2,1H3,(H,24,28)(H,25,27). The number of benzene rings is 2. The lowest BCUT2D eigenvalue weighted by Crippen LogP contribution is -2.23. The largest absolute Gasteiger partial charge is 0.358 e. The molecule has 1 aliphatic rings. The molecule has 1 saturated carbocycles. The second kappa shape index (κ2) is 6.92. The maximum atomic E-state index is 14.0. The Morgan fingerprint density at radius 1 is 1.07 bits per heavy atom. The van der Waals surface area contributed by atoms with Crippen LogP contribution in [0.1, 0.15) is 28.9 Å². The van der Waals surface area contributed by atoms with E-state index in [0.29, 0.717) is 16.6 Å². The lowest BCUT2D eigenvalue weighted by atomic mass is 10.1. The van der Waals surface area contributed by atoms with Crippen molar-refractivity contribution in [1.82, 2.24) is 4.98 Å². The van der Waals surface area contributed by atoms with Crippen molar-refractivity contribution in [3.8, 4) is 0 Å². The zero-order valence-electron chi connectivity index (χ0n) is 15.1. The summed E-state index contributed by atoms with van der Waals surface area (Å²) in [5.41, 5.74) is 1.87. The van der Waals surface area contributed by atoms with Crippen molar-refractivity contribution in [2.45, 2.75) is 19.8 Å². The molecule has 6 nitrogen and oxygen atoms in total. The van der Waals surface area contributed by atoms with Gasteiger partial charge in [-0.25, -0.2) is 4.39 Å². The van der Waals surface area contributed by atoms with Crippen molar-refractivity contribution in [2.24, 2.45) is 5.92 Å². The van der Waals surface area contributed by atoms with Gasteiger partial charge in [0.2, 0.25) is 5.91 Å². The third-order valence-electron chi connectivity index (χ3n) is 4.76. The van der Waals surface area contributed by atoms with Crippen molar-refractivity contribution in [3.05, 3.63) is 59.5 Å². The van der Waals surface area contributed by atoms with Gasteiger partial charge < -0.3 is 15.6 Å². The molecular formula is C21H18FN3O3. The van der Waals surface area contributed by atoms with Gasteiger partial charge in [-0.3, -0.25) is 14.4 Å². The molecule has 1 aromatic heterocycles. The van der Waals surface area contributed by atoms with Gasteiger partial charge in [-0.1, -0.05) is 18.2 Å².